The van der Waals surface area contributed by atoms with Gasteiger partial charge in [0.05, 0.1) is 23.7 Å². The number of aryl methyl sites for hydroxylation is 1. The van der Waals surface area contributed by atoms with Crippen molar-refractivity contribution in [1.29, 1.82) is 0 Å². The molecule has 1 aromatic rings. The molecular weight excluding hydrogens is 280 g/mol. The van der Waals surface area contributed by atoms with E-state index in [9.17, 15) is 14.4 Å². The molecule has 2 aliphatic heterocycles. The van der Waals surface area contributed by atoms with Gasteiger partial charge in [0, 0.05) is 11.9 Å². The van der Waals surface area contributed by atoms with Gasteiger partial charge in [0.25, 0.3) is 5.91 Å². The second-order valence-electron chi connectivity index (χ2n) is 5.09. The minimum Gasteiger partial charge on any atom is -0.339 e. The minimum atomic E-state index is -0.940. The number of likely N-dealkylation sites (tertiary alicyclic amines) is 1. The summed E-state index contributed by atoms with van der Waals surface area (Å²) in [6.45, 7) is 2.59. The normalized spacial score (nSPS) is 25.1. The largest absolute Gasteiger partial charge is 0.339 e. The summed E-state index contributed by atoms with van der Waals surface area (Å²) < 4.78 is 0. The monoisotopic (exact) mass is 294 g/mol. The van der Waals surface area contributed by atoms with Gasteiger partial charge in [-0.1, -0.05) is 0 Å². The number of nitrogens with one attached hydrogen (secondary N) is 2. The Kier molecular flexibility index (Phi) is 2.97. The van der Waals surface area contributed by atoms with Crippen molar-refractivity contribution in [3.8, 4) is 0 Å². The van der Waals surface area contributed by atoms with E-state index in [0.29, 0.717) is 13.0 Å². The molecule has 2 aliphatic rings. The third kappa shape index (κ3) is 2.15. The van der Waals surface area contributed by atoms with E-state index in [1.807, 2.05) is 12.3 Å². The molecule has 2 N–H and O–H groups in total. The van der Waals surface area contributed by atoms with Gasteiger partial charge in [0.2, 0.25) is 5.91 Å². The van der Waals surface area contributed by atoms with Crippen LogP contribution in [0, 0.1) is 6.92 Å². The van der Waals surface area contributed by atoms with Gasteiger partial charge in [-0.15, -0.1) is 11.3 Å². The number of urea groups is 1. The first-order valence-corrected chi connectivity index (χ1v) is 7.19. The Labute approximate surface area is 119 Å². The molecule has 20 heavy (non-hydrogen) atoms. The van der Waals surface area contributed by atoms with Crippen LogP contribution in [-0.4, -0.2) is 46.4 Å². The Bertz CT molecular complexity index is 599. The summed E-state index contributed by atoms with van der Waals surface area (Å²) in [5, 5.41) is 7.64. The highest BCUT2D eigenvalue weighted by Gasteiger charge is 2.51. The second-order valence-corrected chi connectivity index (χ2v) is 6.15. The maximum Gasteiger partial charge on any atom is 0.322 e. The van der Waals surface area contributed by atoms with Gasteiger partial charge in [0.15, 0.2) is 0 Å². The maximum absolute atomic E-state index is 12.2. The highest BCUT2D eigenvalue weighted by molar-refractivity contribution is 7.09. The van der Waals surface area contributed by atoms with Crippen molar-refractivity contribution in [1.82, 2.24) is 20.5 Å². The molecule has 0 aromatic carbocycles. The number of amides is 4. The van der Waals surface area contributed by atoms with Crippen molar-refractivity contribution in [2.75, 3.05) is 13.1 Å². The number of imide groups is 1. The van der Waals surface area contributed by atoms with Crippen LogP contribution in [0.2, 0.25) is 0 Å². The van der Waals surface area contributed by atoms with Crippen molar-refractivity contribution < 1.29 is 14.4 Å². The van der Waals surface area contributed by atoms with Gasteiger partial charge in [-0.05, 0) is 13.3 Å². The molecule has 1 aromatic heterocycles. The summed E-state index contributed by atoms with van der Waals surface area (Å²) in [6, 6.07) is -0.487. The quantitative estimate of drug-likeness (QED) is 0.739. The Morgan fingerprint density at radius 3 is 2.95 bits per heavy atom. The lowest BCUT2D eigenvalue weighted by molar-refractivity contribution is -0.130. The summed E-state index contributed by atoms with van der Waals surface area (Å²) in [5.74, 6) is -0.413. The van der Waals surface area contributed by atoms with Crippen molar-refractivity contribution in [2.24, 2.45) is 0 Å². The van der Waals surface area contributed by atoms with E-state index in [4.69, 9.17) is 0 Å². The molecule has 0 aliphatic carbocycles. The van der Waals surface area contributed by atoms with Crippen LogP contribution in [0.1, 0.15) is 17.1 Å². The lowest BCUT2D eigenvalue weighted by Crippen LogP contribution is -2.49. The number of hydrogen-bond donors (Lipinski definition) is 2. The Balaban J connectivity index is 1.66. The third-order valence-electron chi connectivity index (χ3n) is 3.64. The molecule has 3 heterocycles. The van der Waals surface area contributed by atoms with E-state index >= 15 is 0 Å². The van der Waals surface area contributed by atoms with Gasteiger partial charge < -0.3 is 10.2 Å². The first kappa shape index (κ1) is 13.0. The number of nitrogens with zero attached hydrogens (tertiary/aromatic N) is 2. The molecule has 0 bridgehead atoms. The molecule has 8 heteroatoms. The molecule has 0 saturated carbocycles. The van der Waals surface area contributed by atoms with Crippen LogP contribution in [0.3, 0.4) is 0 Å². The van der Waals surface area contributed by atoms with Gasteiger partial charge in [-0.3, -0.25) is 14.9 Å². The van der Waals surface area contributed by atoms with Crippen LogP contribution >= 0.6 is 11.3 Å². The molecule has 3 rings (SSSR count). The van der Waals surface area contributed by atoms with Crippen molar-refractivity contribution >= 4 is 29.2 Å². The standard InChI is InChI=1S/C12H14N4O3S/c1-7-13-8(5-20-7)4-9(17)16-3-2-12(6-16)10(18)14-11(19)15-12/h5H,2-4,6H2,1H3,(H2,14,15,18,19). The molecule has 106 valence electrons. The van der Waals surface area contributed by atoms with Crippen LogP contribution in [0.15, 0.2) is 5.38 Å². The molecule has 2 fully saturated rings. The van der Waals surface area contributed by atoms with Gasteiger partial charge in [-0.25, -0.2) is 9.78 Å². The van der Waals surface area contributed by atoms with Crippen molar-refractivity contribution in [3.05, 3.63) is 16.1 Å². The predicted molar refractivity (Wildman–Crippen MR) is 71.2 cm³/mol. The number of carbonyl (C=O) groups is 3. The highest BCUT2D eigenvalue weighted by Crippen LogP contribution is 2.25. The highest BCUT2D eigenvalue weighted by atomic mass is 32.1. The summed E-state index contributed by atoms with van der Waals surface area (Å²) >= 11 is 1.51. The predicted octanol–water partition coefficient (Wildman–Crippen LogP) is -0.195. The lowest BCUT2D eigenvalue weighted by atomic mass is 9.99. The van der Waals surface area contributed by atoms with Gasteiger partial charge in [-0.2, -0.15) is 0 Å². The van der Waals surface area contributed by atoms with E-state index < -0.39 is 11.6 Å². The maximum atomic E-state index is 12.2. The Hall–Kier alpha value is -1.96. The number of hydrogen-bond acceptors (Lipinski definition) is 5. The zero-order valence-corrected chi connectivity index (χ0v) is 11.7. The number of rotatable bonds is 2. The number of carbonyl (C=O) groups excluding carboxylic acids is 3. The molecule has 1 unspecified atom stereocenters. The average molecular weight is 294 g/mol. The Morgan fingerprint density at radius 2 is 2.35 bits per heavy atom. The fourth-order valence-corrected chi connectivity index (χ4v) is 3.21. The summed E-state index contributed by atoms with van der Waals surface area (Å²) in [7, 11) is 0. The first-order chi connectivity index (χ1) is 9.48. The molecular formula is C12H14N4O3S. The fourth-order valence-electron chi connectivity index (χ4n) is 2.59. The van der Waals surface area contributed by atoms with Crippen molar-refractivity contribution in [2.45, 2.75) is 25.3 Å². The SMILES string of the molecule is Cc1nc(CC(=O)N2CCC3(C2)NC(=O)NC3=O)cs1. The van der Waals surface area contributed by atoms with E-state index in [2.05, 4.69) is 15.6 Å². The lowest BCUT2D eigenvalue weighted by Gasteiger charge is -2.20. The van der Waals surface area contributed by atoms with Gasteiger partial charge in [0.1, 0.15) is 5.54 Å². The average Bonchev–Trinajstić information content (AvgIpc) is 3.03. The van der Waals surface area contributed by atoms with E-state index in [0.717, 1.165) is 10.7 Å². The van der Waals surface area contributed by atoms with Crippen LogP contribution in [0.25, 0.3) is 0 Å². The van der Waals surface area contributed by atoms with E-state index in [1.54, 1.807) is 4.90 Å². The molecule has 1 spiro atoms. The molecule has 2 saturated heterocycles. The second kappa shape index (κ2) is 4.55. The molecule has 0 radical (unpaired) electrons. The molecule has 4 amide bonds. The zero-order chi connectivity index (χ0) is 14.3. The van der Waals surface area contributed by atoms with E-state index in [-0.39, 0.29) is 24.8 Å². The van der Waals surface area contributed by atoms with Crippen LogP contribution in [0.4, 0.5) is 4.79 Å². The zero-order valence-electron chi connectivity index (χ0n) is 10.9. The topological polar surface area (TPSA) is 91.4 Å². The number of thiazole rings is 1. The summed E-state index contributed by atoms with van der Waals surface area (Å²) in [6.07, 6.45) is 0.683. The van der Waals surface area contributed by atoms with Crippen LogP contribution < -0.4 is 10.6 Å². The van der Waals surface area contributed by atoms with Gasteiger partial charge >= 0.3 is 6.03 Å². The summed E-state index contributed by atoms with van der Waals surface area (Å²) in [4.78, 5) is 41.1. The first-order valence-electron chi connectivity index (χ1n) is 6.31. The smallest absolute Gasteiger partial charge is 0.322 e. The minimum absolute atomic E-state index is 0.0684. The third-order valence-corrected chi connectivity index (χ3v) is 4.46. The number of aromatic nitrogens is 1. The van der Waals surface area contributed by atoms with Crippen LogP contribution in [0.5, 0.6) is 0 Å². The van der Waals surface area contributed by atoms with E-state index in [1.165, 1.54) is 11.3 Å². The molecule has 7 nitrogen and oxygen atoms in total. The summed E-state index contributed by atoms with van der Waals surface area (Å²) in [5.41, 5.74) is -0.191. The Morgan fingerprint density at radius 1 is 1.55 bits per heavy atom. The van der Waals surface area contributed by atoms with Crippen LogP contribution in [-0.2, 0) is 16.0 Å². The molecule has 1 atom stereocenters. The van der Waals surface area contributed by atoms with Crippen molar-refractivity contribution in [3.63, 3.8) is 0 Å². The fraction of sp³-hybridized carbons (Fsp3) is 0.500.